The fraction of sp³-hybridized carbons (Fsp3) is 0.214. The van der Waals surface area contributed by atoms with E-state index in [1.807, 2.05) is 6.07 Å². The monoisotopic (exact) mass is 287 g/mol. The molecule has 7 nitrogen and oxygen atoms in total. The molecule has 0 fully saturated rings. The van der Waals surface area contributed by atoms with E-state index in [9.17, 15) is 20.0 Å². The number of amides is 1. The summed E-state index contributed by atoms with van der Waals surface area (Å²) >= 11 is 0. The van der Waals surface area contributed by atoms with Crippen molar-refractivity contribution in [2.75, 3.05) is 11.4 Å². The fourth-order valence-corrected chi connectivity index (χ4v) is 2.59. The number of hydrogen-bond acceptors (Lipinski definition) is 4. The molecule has 0 saturated carbocycles. The van der Waals surface area contributed by atoms with Gasteiger partial charge in [-0.1, -0.05) is 12.1 Å². The van der Waals surface area contributed by atoms with Crippen molar-refractivity contribution in [3.8, 4) is 5.75 Å². The van der Waals surface area contributed by atoms with Gasteiger partial charge < -0.3 is 20.1 Å². The molecule has 1 aromatic heterocycles. The van der Waals surface area contributed by atoms with Crippen LogP contribution in [0.4, 0.5) is 11.5 Å². The van der Waals surface area contributed by atoms with Gasteiger partial charge in [-0.25, -0.2) is 4.98 Å². The van der Waals surface area contributed by atoms with Crippen LogP contribution in [0.25, 0.3) is 0 Å². The van der Waals surface area contributed by atoms with Crippen LogP contribution >= 0.6 is 0 Å². The number of benzene rings is 1. The molecule has 108 valence electrons. The third kappa shape index (κ3) is 2.22. The van der Waals surface area contributed by atoms with Crippen molar-refractivity contribution in [3.05, 3.63) is 51.7 Å². The minimum atomic E-state index is -0.585. The van der Waals surface area contributed by atoms with E-state index in [0.29, 0.717) is 12.2 Å². The molecule has 0 radical (unpaired) electrons. The lowest BCUT2D eigenvalue weighted by Crippen LogP contribution is -2.35. The van der Waals surface area contributed by atoms with Crippen LogP contribution in [0, 0.1) is 10.1 Å². The summed E-state index contributed by atoms with van der Waals surface area (Å²) in [6.45, 7) is 0.468. The first-order valence-corrected chi connectivity index (χ1v) is 6.54. The number of nitrogens with zero attached hydrogens (tertiary/aromatic N) is 2. The number of aromatic amines is 1. The second kappa shape index (κ2) is 4.93. The van der Waals surface area contributed by atoms with Gasteiger partial charge in [0, 0.05) is 12.6 Å². The SMILES string of the molecule is O=C(c1ccc([N+](=O)[O-])[nH]1)N1CCCc2cccc(O)c21. The average Bonchev–Trinajstić information content (AvgIpc) is 2.96. The van der Waals surface area contributed by atoms with E-state index in [4.69, 9.17) is 0 Å². The van der Waals surface area contributed by atoms with E-state index in [1.165, 1.54) is 23.1 Å². The molecule has 2 aromatic rings. The number of nitrogens with one attached hydrogen (secondary N) is 1. The number of rotatable bonds is 2. The molecule has 1 aliphatic heterocycles. The lowest BCUT2D eigenvalue weighted by atomic mass is 10.0. The minimum Gasteiger partial charge on any atom is -0.506 e. The molecule has 21 heavy (non-hydrogen) atoms. The van der Waals surface area contributed by atoms with Crippen LogP contribution < -0.4 is 4.90 Å². The number of phenols is 1. The lowest BCUT2D eigenvalue weighted by molar-refractivity contribution is -0.389. The Morgan fingerprint density at radius 2 is 2.14 bits per heavy atom. The highest BCUT2D eigenvalue weighted by Crippen LogP contribution is 2.36. The van der Waals surface area contributed by atoms with Crippen molar-refractivity contribution < 1.29 is 14.8 Å². The van der Waals surface area contributed by atoms with Crippen molar-refractivity contribution >= 4 is 17.4 Å². The minimum absolute atomic E-state index is 0.0432. The van der Waals surface area contributed by atoms with Crippen LogP contribution in [0.5, 0.6) is 5.75 Å². The van der Waals surface area contributed by atoms with Gasteiger partial charge in [-0.2, -0.15) is 0 Å². The number of aromatic hydroxyl groups is 1. The Hall–Kier alpha value is -2.83. The van der Waals surface area contributed by atoms with Crippen molar-refractivity contribution in [1.82, 2.24) is 4.98 Å². The second-order valence-electron chi connectivity index (χ2n) is 4.86. The smallest absolute Gasteiger partial charge is 0.321 e. The summed E-state index contributed by atoms with van der Waals surface area (Å²) in [6.07, 6.45) is 1.57. The molecule has 1 amide bonds. The summed E-state index contributed by atoms with van der Waals surface area (Å²) in [5.41, 5.74) is 1.53. The van der Waals surface area contributed by atoms with Crippen LogP contribution in [-0.4, -0.2) is 27.5 Å². The van der Waals surface area contributed by atoms with Gasteiger partial charge in [-0.3, -0.25) is 4.79 Å². The number of para-hydroxylation sites is 1. The number of carbonyl (C=O) groups excluding carboxylic acids is 1. The fourth-order valence-electron chi connectivity index (χ4n) is 2.59. The number of nitro groups is 1. The average molecular weight is 287 g/mol. The number of carbonyl (C=O) groups is 1. The van der Waals surface area contributed by atoms with E-state index < -0.39 is 4.92 Å². The van der Waals surface area contributed by atoms with E-state index in [2.05, 4.69) is 4.98 Å². The van der Waals surface area contributed by atoms with Gasteiger partial charge >= 0.3 is 5.82 Å². The summed E-state index contributed by atoms with van der Waals surface area (Å²) in [6, 6.07) is 7.77. The molecule has 0 unspecified atom stereocenters. The highest BCUT2D eigenvalue weighted by atomic mass is 16.6. The van der Waals surface area contributed by atoms with Crippen LogP contribution in [-0.2, 0) is 6.42 Å². The second-order valence-corrected chi connectivity index (χ2v) is 4.86. The Morgan fingerprint density at radius 1 is 1.33 bits per heavy atom. The van der Waals surface area contributed by atoms with E-state index in [0.717, 1.165) is 18.4 Å². The summed E-state index contributed by atoms with van der Waals surface area (Å²) in [7, 11) is 0. The standard InChI is InChI=1S/C14H13N3O4/c18-11-5-1-3-9-4-2-8-16(13(9)11)14(19)10-6-7-12(15-10)17(20)21/h1,3,5-7,15,18H,2,4,8H2. The molecular formula is C14H13N3O4. The first-order chi connectivity index (χ1) is 10.1. The number of fused-ring (bicyclic) bond motifs is 1. The Kier molecular flexibility index (Phi) is 3.09. The summed E-state index contributed by atoms with van der Waals surface area (Å²) in [4.78, 5) is 26.6. The number of H-pyrrole nitrogens is 1. The predicted molar refractivity (Wildman–Crippen MR) is 75.6 cm³/mol. The molecule has 7 heteroatoms. The first kappa shape index (κ1) is 13.2. The third-order valence-electron chi connectivity index (χ3n) is 3.54. The largest absolute Gasteiger partial charge is 0.506 e. The van der Waals surface area contributed by atoms with Crippen molar-refractivity contribution in [2.24, 2.45) is 0 Å². The quantitative estimate of drug-likeness (QED) is 0.653. The normalized spacial score (nSPS) is 13.8. The maximum absolute atomic E-state index is 12.5. The summed E-state index contributed by atoms with van der Waals surface area (Å²) in [5, 5.41) is 20.7. The maximum Gasteiger partial charge on any atom is 0.321 e. The number of aromatic nitrogens is 1. The number of aryl methyl sites for hydroxylation is 1. The Balaban J connectivity index is 1.98. The topological polar surface area (TPSA) is 99.5 Å². The number of anilines is 1. The molecule has 0 bridgehead atoms. The predicted octanol–water partition coefficient (Wildman–Crippen LogP) is 2.22. The van der Waals surface area contributed by atoms with Gasteiger partial charge in [0.1, 0.15) is 5.75 Å². The molecule has 0 spiro atoms. The third-order valence-corrected chi connectivity index (χ3v) is 3.54. The molecule has 3 rings (SSSR count). The van der Waals surface area contributed by atoms with Crippen LogP contribution in [0.1, 0.15) is 22.5 Å². The summed E-state index contributed by atoms with van der Waals surface area (Å²) < 4.78 is 0. The highest BCUT2D eigenvalue weighted by Gasteiger charge is 2.28. The summed E-state index contributed by atoms with van der Waals surface area (Å²) in [5.74, 6) is -0.569. The zero-order valence-corrected chi connectivity index (χ0v) is 11.1. The zero-order chi connectivity index (χ0) is 15.0. The first-order valence-electron chi connectivity index (χ1n) is 6.54. The maximum atomic E-state index is 12.5. The molecular weight excluding hydrogens is 274 g/mol. The molecule has 2 N–H and O–H groups in total. The molecule has 1 aliphatic rings. The molecule has 0 atom stereocenters. The number of phenolic OH excluding ortho intramolecular Hbond substituents is 1. The van der Waals surface area contributed by atoms with Gasteiger partial charge in [-0.15, -0.1) is 0 Å². The molecule has 0 saturated heterocycles. The van der Waals surface area contributed by atoms with Gasteiger partial charge in [0.15, 0.2) is 5.69 Å². The van der Waals surface area contributed by atoms with Crippen molar-refractivity contribution in [3.63, 3.8) is 0 Å². The van der Waals surface area contributed by atoms with E-state index >= 15 is 0 Å². The van der Waals surface area contributed by atoms with Crippen molar-refractivity contribution in [1.29, 1.82) is 0 Å². The van der Waals surface area contributed by atoms with E-state index in [-0.39, 0.29) is 23.2 Å². The molecule has 2 heterocycles. The van der Waals surface area contributed by atoms with Crippen LogP contribution in [0.15, 0.2) is 30.3 Å². The lowest BCUT2D eigenvalue weighted by Gasteiger charge is -2.29. The number of hydrogen-bond donors (Lipinski definition) is 2. The Labute approximate surface area is 120 Å². The van der Waals surface area contributed by atoms with Gasteiger partial charge in [0.25, 0.3) is 5.91 Å². The highest BCUT2D eigenvalue weighted by molar-refractivity contribution is 6.06. The van der Waals surface area contributed by atoms with Gasteiger partial charge in [-0.05, 0) is 35.5 Å². The van der Waals surface area contributed by atoms with E-state index in [1.54, 1.807) is 6.07 Å². The zero-order valence-electron chi connectivity index (χ0n) is 11.1. The molecule has 0 aliphatic carbocycles. The van der Waals surface area contributed by atoms with Crippen LogP contribution in [0.2, 0.25) is 0 Å². The van der Waals surface area contributed by atoms with Crippen molar-refractivity contribution in [2.45, 2.75) is 12.8 Å². The van der Waals surface area contributed by atoms with Crippen LogP contribution in [0.3, 0.4) is 0 Å². The van der Waals surface area contributed by atoms with Gasteiger partial charge in [0.2, 0.25) is 0 Å². The Bertz CT molecular complexity index is 723. The molecule has 1 aromatic carbocycles. The Morgan fingerprint density at radius 3 is 2.86 bits per heavy atom. The van der Waals surface area contributed by atoms with Gasteiger partial charge in [0.05, 0.1) is 5.69 Å².